The third kappa shape index (κ3) is 2.65. The summed E-state index contributed by atoms with van der Waals surface area (Å²) >= 11 is 0. The molecule has 110 valence electrons. The smallest absolute Gasteiger partial charge is 0.340 e. The topological polar surface area (TPSA) is 63.7 Å². The van der Waals surface area contributed by atoms with Gasteiger partial charge in [0.1, 0.15) is 0 Å². The Morgan fingerprint density at radius 3 is 2.45 bits per heavy atom. The summed E-state index contributed by atoms with van der Waals surface area (Å²) in [5.74, 6) is -0.533. The van der Waals surface area contributed by atoms with Crippen molar-refractivity contribution in [2.75, 3.05) is 18.5 Å². The van der Waals surface area contributed by atoms with Gasteiger partial charge in [0.2, 0.25) is 10.0 Å². The number of nitrogens with zero attached hydrogens (tertiary/aromatic N) is 1. The second-order valence-corrected chi connectivity index (χ2v) is 7.17. The molecular weight excluding hydrogens is 278 g/mol. The van der Waals surface area contributed by atoms with Crippen molar-refractivity contribution >= 4 is 21.7 Å². The SMILES string of the molecule is COC(=O)c1ccccc1N(C)S(=O)(=O)C1CCCC1. The minimum absolute atomic E-state index is 0.263. The summed E-state index contributed by atoms with van der Waals surface area (Å²) < 4.78 is 31.1. The van der Waals surface area contributed by atoms with E-state index < -0.39 is 16.0 Å². The normalized spacial score (nSPS) is 16.1. The number of rotatable bonds is 4. The lowest BCUT2D eigenvalue weighted by Gasteiger charge is -2.24. The molecule has 6 heteroatoms. The highest BCUT2D eigenvalue weighted by atomic mass is 32.2. The first-order valence-corrected chi connectivity index (χ1v) is 8.14. The fraction of sp³-hybridized carbons (Fsp3) is 0.500. The molecule has 2 rings (SSSR count). The van der Waals surface area contributed by atoms with Crippen LogP contribution in [0, 0.1) is 0 Å². The van der Waals surface area contributed by atoms with Gasteiger partial charge < -0.3 is 4.74 Å². The highest BCUT2D eigenvalue weighted by Crippen LogP contribution is 2.30. The average Bonchev–Trinajstić information content (AvgIpc) is 3.00. The van der Waals surface area contributed by atoms with E-state index in [9.17, 15) is 13.2 Å². The van der Waals surface area contributed by atoms with E-state index in [0.717, 1.165) is 12.8 Å². The number of carbonyl (C=O) groups excluding carboxylic acids is 1. The maximum absolute atomic E-state index is 12.6. The van der Waals surface area contributed by atoms with Crippen molar-refractivity contribution in [2.24, 2.45) is 0 Å². The van der Waals surface area contributed by atoms with Crippen molar-refractivity contribution < 1.29 is 17.9 Å². The fourth-order valence-electron chi connectivity index (χ4n) is 2.58. The Bertz CT molecular complexity index is 591. The van der Waals surface area contributed by atoms with Gasteiger partial charge in [-0.15, -0.1) is 0 Å². The van der Waals surface area contributed by atoms with Crippen molar-refractivity contribution in [3.8, 4) is 0 Å². The Morgan fingerprint density at radius 2 is 1.85 bits per heavy atom. The van der Waals surface area contributed by atoms with Crippen LogP contribution in [0.4, 0.5) is 5.69 Å². The zero-order valence-electron chi connectivity index (χ0n) is 11.7. The van der Waals surface area contributed by atoms with Gasteiger partial charge in [-0.2, -0.15) is 0 Å². The summed E-state index contributed by atoms with van der Waals surface area (Å²) in [5.41, 5.74) is 0.630. The molecule has 0 heterocycles. The number of esters is 1. The van der Waals surface area contributed by atoms with E-state index in [-0.39, 0.29) is 10.8 Å². The van der Waals surface area contributed by atoms with E-state index in [0.29, 0.717) is 18.5 Å². The number of sulfonamides is 1. The van der Waals surface area contributed by atoms with Crippen LogP contribution in [0.3, 0.4) is 0 Å². The maximum Gasteiger partial charge on any atom is 0.340 e. The number of ether oxygens (including phenoxy) is 1. The lowest BCUT2D eigenvalue weighted by molar-refractivity contribution is 0.0601. The van der Waals surface area contributed by atoms with E-state index in [1.165, 1.54) is 18.5 Å². The van der Waals surface area contributed by atoms with Gasteiger partial charge in [0.05, 0.1) is 23.6 Å². The quantitative estimate of drug-likeness (QED) is 0.799. The Morgan fingerprint density at radius 1 is 1.25 bits per heavy atom. The molecule has 1 fully saturated rings. The third-order valence-corrected chi connectivity index (χ3v) is 6.03. The molecule has 20 heavy (non-hydrogen) atoms. The minimum atomic E-state index is -3.43. The lowest BCUT2D eigenvalue weighted by atomic mass is 10.2. The van der Waals surface area contributed by atoms with Gasteiger partial charge in [-0.1, -0.05) is 25.0 Å². The molecule has 1 aromatic rings. The zero-order valence-corrected chi connectivity index (χ0v) is 12.5. The number of anilines is 1. The summed E-state index contributed by atoms with van der Waals surface area (Å²) in [7, 11) is -0.653. The molecule has 0 bridgehead atoms. The highest BCUT2D eigenvalue weighted by molar-refractivity contribution is 7.93. The minimum Gasteiger partial charge on any atom is -0.465 e. The third-order valence-electron chi connectivity index (χ3n) is 3.75. The van der Waals surface area contributed by atoms with Gasteiger partial charge in [0.25, 0.3) is 0 Å². The van der Waals surface area contributed by atoms with Crippen molar-refractivity contribution in [1.82, 2.24) is 0 Å². The highest BCUT2D eigenvalue weighted by Gasteiger charge is 2.33. The molecule has 0 spiro atoms. The van der Waals surface area contributed by atoms with Gasteiger partial charge in [-0.05, 0) is 25.0 Å². The molecule has 0 atom stereocenters. The second kappa shape index (κ2) is 5.83. The first-order valence-electron chi connectivity index (χ1n) is 6.63. The number of carbonyl (C=O) groups is 1. The van der Waals surface area contributed by atoms with Crippen LogP contribution in [0.15, 0.2) is 24.3 Å². The van der Waals surface area contributed by atoms with Gasteiger partial charge in [0, 0.05) is 7.05 Å². The van der Waals surface area contributed by atoms with Crippen LogP contribution in [-0.4, -0.2) is 33.8 Å². The molecule has 0 saturated heterocycles. The molecule has 0 amide bonds. The van der Waals surface area contributed by atoms with Crippen LogP contribution in [-0.2, 0) is 14.8 Å². The molecule has 0 N–H and O–H groups in total. The fourth-order valence-corrected chi connectivity index (χ4v) is 4.39. The predicted molar refractivity (Wildman–Crippen MR) is 77.4 cm³/mol. The van der Waals surface area contributed by atoms with E-state index >= 15 is 0 Å². The number of methoxy groups -OCH3 is 1. The molecule has 0 unspecified atom stereocenters. The standard InChI is InChI=1S/C14H19NO4S/c1-15(20(17,18)11-7-3-4-8-11)13-10-6-5-9-12(13)14(16)19-2/h5-6,9-11H,3-4,7-8H2,1-2H3. The molecule has 1 aliphatic rings. The number of hydrogen-bond acceptors (Lipinski definition) is 4. The first-order chi connectivity index (χ1) is 9.48. The van der Waals surface area contributed by atoms with E-state index in [4.69, 9.17) is 4.74 Å². The van der Waals surface area contributed by atoms with Crippen molar-refractivity contribution in [2.45, 2.75) is 30.9 Å². The summed E-state index contributed by atoms with van der Waals surface area (Å²) in [5, 5.41) is -0.349. The summed E-state index contributed by atoms with van der Waals surface area (Å²) in [6.45, 7) is 0. The van der Waals surface area contributed by atoms with E-state index in [1.54, 1.807) is 24.3 Å². The Labute approximate surface area is 119 Å². The van der Waals surface area contributed by atoms with Gasteiger partial charge in [0.15, 0.2) is 0 Å². The van der Waals surface area contributed by atoms with Crippen LogP contribution in [0.2, 0.25) is 0 Å². The largest absolute Gasteiger partial charge is 0.465 e. The van der Waals surface area contributed by atoms with Gasteiger partial charge >= 0.3 is 5.97 Å². The van der Waals surface area contributed by atoms with Crippen LogP contribution in [0.5, 0.6) is 0 Å². The van der Waals surface area contributed by atoms with Crippen LogP contribution < -0.4 is 4.31 Å². The molecule has 0 aliphatic heterocycles. The Balaban J connectivity index is 2.38. The molecule has 1 aliphatic carbocycles. The van der Waals surface area contributed by atoms with E-state index in [2.05, 4.69) is 0 Å². The van der Waals surface area contributed by atoms with Crippen molar-refractivity contribution in [3.63, 3.8) is 0 Å². The van der Waals surface area contributed by atoms with Gasteiger partial charge in [-0.3, -0.25) is 4.31 Å². The summed E-state index contributed by atoms with van der Waals surface area (Å²) in [6.07, 6.45) is 3.26. The second-order valence-electron chi connectivity index (χ2n) is 4.93. The molecule has 1 aromatic carbocycles. The zero-order chi connectivity index (χ0) is 14.8. The molecule has 0 aromatic heterocycles. The maximum atomic E-state index is 12.6. The van der Waals surface area contributed by atoms with Crippen LogP contribution in [0.25, 0.3) is 0 Å². The van der Waals surface area contributed by atoms with Gasteiger partial charge in [-0.25, -0.2) is 13.2 Å². The summed E-state index contributed by atoms with van der Waals surface area (Å²) in [6, 6.07) is 6.59. The molecular formula is C14H19NO4S. The number of para-hydroxylation sites is 1. The molecule has 0 radical (unpaired) electrons. The number of hydrogen-bond donors (Lipinski definition) is 0. The Hall–Kier alpha value is -1.56. The number of benzene rings is 1. The lowest BCUT2D eigenvalue weighted by Crippen LogP contribution is -2.35. The van der Waals surface area contributed by atoms with E-state index in [1.807, 2.05) is 0 Å². The monoisotopic (exact) mass is 297 g/mol. The Kier molecular flexibility index (Phi) is 4.32. The average molecular weight is 297 g/mol. The predicted octanol–water partition coefficient (Wildman–Crippen LogP) is 2.18. The van der Waals surface area contributed by atoms with Crippen LogP contribution >= 0.6 is 0 Å². The molecule has 5 nitrogen and oxygen atoms in total. The van der Waals surface area contributed by atoms with Crippen molar-refractivity contribution in [1.29, 1.82) is 0 Å². The molecule has 1 saturated carbocycles. The van der Waals surface area contributed by atoms with Crippen LogP contribution in [0.1, 0.15) is 36.0 Å². The summed E-state index contributed by atoms with van der Waals surface area (Å²) in [4.78, 5) is 11.7. The van der Waals surface area contributed by atoms with Crippen molar-refractivity contribution in [3.05, 3.63) is 29.8 Å². The first kappa shape index (κ1) is 14.8.